The van der Waals surface area contributed by atoms with Crippen LogP contribution in [0.2, 0.25) is 0 Å². The molecule has 1 saturated heterocycles. The Kier molecular flexibility index (Phi) is 3.74. The average Bonchev–Trinajstić information content (AvgIpc) is 3.33. The Labute approximate surface area is 141 Å². The molecule has 2 aromatic rings. The van der Waals surface area contributed by atoms with Gasteiger partial charge in [-0.25, -0.2) is 0 Å². The second-order valence-corrected chi connectivity index (χ2v) is 6.63. The van der Waals surface area contributed by atoms with E-state index in [9.17, 15) is 14.7 Å². The Morgan fingerprint density at radius 1 is 1.21 bits per heavy atom. The summed E-state index contributed by atoms with van der Waals surface area (Å²) in [6.45, 7) is 0.0942. The number of hydrogen-bond acceptors (Lipinski definition) is 7. The van der Waals surface area contributed by atoms with Crippen LogP contribution in [0.4, 0.5) is 0 Å². The van der Waals surface area contributed by atoms with Crippen molar-refractivity contribution in [2.75, 3.05) is 13.4 Å². The molecule has 0 amide bonds. The van der Waals surface area contributed by atoms with Crippen LogP contribution in [0.1, 0.15) is 21.3 Å². The number of ether oxygens (including phenoxy) is 3. The summed E-state index contributed by atoms with van der Waals surface area (Å²) in [5, 5.41) is 12.3. The van der Waals surface area contributed by atoms with Crippen molar-refractivity contribution in [3.8, 4) is 11.5 Å². The molecule has 0 unspecified atom stereocenters. The third kappa shape index (κ3) is 2.46. The average molecular weight is 346 g/mol. The maximum atomic E-state index is 12.8. The first-order valence-electron chi connectivity index (χ1n) is 7.47. The van der Waals surface area contributed by atoms with Gasteiger partial charge >= 0.3 is 5.97 Å². The van der Waals surface area contributed by atoms with E-state index in [0.29, 0.717) is 21.9 Å². The molecule has 6 nitrogen and oxygen atoms in total. The second kappa shape index (κ2) is 5.92. The lowest BCUT2D eigenvalue weighted by Gasteiger charge is -2.19. The Bertz CT molecular complexity index is 784. The number of fused-ring (bicyclic) bond motifs is 1. The minimum atomic E-state index is -1.05. The highest BCUT2D eigenvalue weighted by Crippen LogP contribution is 2.39. The molecule has 2 aliphatic heterocycles. The maximum Gasteiger partial charge on any atom is 0.312 e. The van der Waals surface area contributed by atoms with E-state index in [0.717, 1.165) is 0 Å². The van der Waals surface area contributed by atoms with Gasteiger partial charge in [-0.1, -0.05) is 6.07 Å². The summed E-state index contributed by atoms with van der Waals surface area (Å²) in [4.78, 5) is 25.6. The molecule has 7 heteroatoms. The van der Waals surface area contributed by atoms with Crippen molar-refractivity contribution >= 4 is 23.1 Å². The van der Waals surface area contributed by atoms with Crippen LogP contribution in [0.3, 0.4) is 0 Å². The number of cyclic esters (lactones) is 1. The van der Waals surface area contributed by atoms with Crippen molar-refractivity contribution in [3.63, 3.8) is 0 Å². The molecule has 2 aliphatic rings. The third-order valence-corrected chi connectivity index (χ3v) is 5.22. The largest absolute Gasteiger partial charge is 0.465 e. The van der Waals surface area contributed by atoms with E-state index in [1.54, 1.807) is 30.3 Å². The predicted molar refractivity (Wildman–Crippen MR) is 84.1 cm³/mol. The summed E-state index contributed by atoms with van der Waals surface area (Å²) in [5.74, 6) is -1.34. The summed E-state index contributed by atoms with van der Waals surface area (Å²) in [7, 11) is 0. The van der Waals surface area contributed by atoms with Gasteiger partial charge in [0, 0.05) is 10.4 Å². The molecule has 0 bridgehead atoms. The van der Waals surface area contributed by atoms with Crippen LogP contribution in [-0.4, -0.2) is 30.3 Å². The van der Waals surface area contributed by atoms with E-state index < -0.39 is 23.9 Å². The summed E-state index contributed by atoms with van der Waals surface area (Å²) in [6.07, 6.45) is -1.05. The molecule has 1 fully saturated rings. The zero-order valence-corrected chi connectivity index (χ0v) is 13.3. The number of aliphatic hydroxyl groups is 1. The number of carbonyl (C=O) groups is 2. The third-order valence-electron chi connectivity index (χ3n) is 4.28. The van der Waals surface area contributed by atoms with E-state index in [-0.39, 0.29) is 19.2 Å². The summed E-state index contributed by atoms with van der Waals surface area (Å²) >= 11 is 1.34. The molecule has 0 saturated carbocycles. The molecule has 0 radical (unpaired) electrons. The van der Waals surface area contributed by atoms with Crippen LogP contribution in [0.25, 0.3) is 0 Å². The van der Waals surface area contributed by atoms with Gasteiger partial charge in [0.25, 0.3) is 0 Å². The van der Waals surface area contributed by atoms with Gasteiger partial charge in [0.1, 0.15) is 18.6 Å². The van der Waals surface area contributed by atoms with Gasteiger partial charge in [-0.2, -0.15) is 0 Å². The molecular weight excluding hydrogens is 332 g/mol. The van der Waals surface area contributed by atoms with Gasteiger partial charge in [0.15, 0.2) is 17.3 Å². The number of esters is 1. The number of Topliss-reactive ketones (excluding diaryl/α,β-unsaturated/α-hetero) is 1. The Morgan fingerprint density at radius 2 is 2.04 bits per heavy atom. The molecule has 3 atom stereocenters. The number of rotatable bonds is 4. The molecule has 1 aromatic carbocycles. The highest BCUT2D eigenvalue weighted by molar-refractivity contribution is 7.10. The van der Waals surface area contributed by atoms with E-state index in [1.807, 2.05) is 5.38 Å². The van der Waals surface area contributed by atoms with Gasteiger partial charge in [0.2, 0.25) is 6.79 Å². The topological polar surface area (TPSA) is 82.1 Å². The lowest BCUT2D eigenvalue weighted by Crippen LogP contribution is -2.29. The lowest BCUT2D eigenvalue weighted by atomic mass is 9.84. The van der Waals surface area contributed by atoms with Crippen molar-refractivity contribution in [1.82, 2.24) is 0 Å². The number of ketones is 1. The van der Waals surface area contributed by atoms with Gasteiger partial charge in [-0.15, -0.1) is 11.3 Å². The zero-order valence-electron chi connectivity index (χ0n) is 12.5. The molecule has 0 spiro atoms. The number of aliphatic hydroxyl groups excluding tert-OH is 1. The van der Waals surface area contributed by atoms with Crippen LogP contribution in [0.5, 0.6) is 11.5 Å². The maximum absolute atomic E-state index is 12.8. The van der Waals surface area contributed by atoms with Crippen LogP contribution >= 0.6 is 11.3 Å². The molecule has 24 heavy (non-hydrogen) atoms. The van der Waals surface area contributed by atoms with E-state index in [1.165, 1.54) is 11.3 Å². The van der Waals surface area contributed by atoms with E-state index in [2.05, 4.69) is 0 Å². The first-order chi connectivity index (χ1) is 11.6. The number of hydrogen-bond donors (Lipinski definition) is 1. The summed E-state index contributed by atoms with van der Waals surface area (Å²) < 4.78 is 15.6. The summed E-state index contributed by atoms with van der Waals surface area (Å²) in [6, 6.07) is 8.42. The lowest BCUT2D eigenvalue weighted by molar-refractivity contribution is -0.144. The van der Waals surface area contributed by atoms with Crippen molar-refractivity contribution in [1.29, 1.82) is 0 Å². The molecule has 124 valence electrons. The minimum Gasteiger partial charge on any atom is -0.465 e. The fraction of sp³-hybridized carbons (Fsp3) is 0.294. The predicted octanol–water partition coefficient (Wildman–Crippen LogP) is 2.18. The number of benzene rings is 1. The monoisotopic (exact) mass is 346 g/mol. The van der Waals surface area contributed by atoms with Crippen LogP contribution < -0.4 is 9.47 Å². The fourth-order valence-corrected chi connectivity index (χ4v) is 3.78. The van der Waals surface area contributed by atoms with Crippen molar-refractivity contribution < 1.29 is 28.9 Å². The Hall–Kier alpha value is -2.38. The van der Waals surface area contributed by atoms with E-state index in [4.69, 9.17) is 14.2 Å². The normalized spacial score (nSPS) is 23.1. The molecule has 1 aromatic heterocycles. The number of thiophene rings is 1. The molecular formula is C17H14O6S. The first-order valence-corrected chi connectivity index (χ1v) is 8.35. The van der Waals surface area contributed by atoms with Crippen molar-refractivity contribution in [2.24, 2.45) is 11.8 Å². The van der Waals surface area contributed by atoms with E-state index >= 15 is 0 Å². The highest BCUT2D eigenvalue weighted by Gasteiger charge is 2.46. The second-order valence-electron chi connectivity index (χ2n) is 5.65. The van der Waals surface area contributed by atoms with Gasteiger partial charge in [-0.3, -0.25) is 9.59 Å². The first kappa shape index (κ1) is 15.2. The van der Waals surface area contributed by atoms with Crippen LogP contribution in [-0.2, 0) is 9.53 Å². The molecule has 1 N–H and O–H groups in total. The van der Waals surface area contributed by atoms with Gasteiger partial charge in [-0.05, 0) is 29.6 Å². The van der Waals surface area contributed by atoms with Crippen molar-refractivity contribution in [3.05, 3.63) is 46.2 Å². The quantitative estimate of drug-likeness (QED) is 0.675. The molecule has 3 heterocycles. The molecule has 4 rings (SSSR count). The van der Waals surface area contributed by atoms with Crippen LogP contribution in [0.15, 0.2) is 35.7 Å². The standard InChI is InChI=1S/C17H14O6S/c18-15(9-3-4-11-12(6-9)23-8-22-11)10-7-21-17(20)14(10)16(19)13-2-1-5-24-13/h1-6,10,14,16,19H,7-8H2/t10-,14-,16+/m1/s1. The SMILES string of the molecule is O=C1OC[C@@H](C(=O)c2ccc3c(c2)OCO3)[C@@H]1[C@@H](O)c1cccs1. The Balaban J connectivity index is 1.62. The van der Waals surface area contributed by atoms with Crippen LogP contribution in [0, 0.1) is 11.8 Å². The molecule has 0 aliphatic carbocycles. The number of carbonyl (C=O) groups excluding carboxylic acids is 2. The van der Waals surface area contributed by atoms with Crippen molar-refractivity contribution in [2.45, 2.75) is 6.10 Å². The highest BCUT2D eigenvalue weighted by atomic mass is 32.1. The smallest absolute Gasteiger partial charge is 0.312 e. The fourth-order valence-electron chi connectivity index (χ4n) is 3.02. The summed E-state index contributed by atoms with van der Waals surface area (Å²) in [5.41, 5.74) is 0.408. The van der Waals surface area contributed by atoms with Gasteiger partial charge in [0.05, 0.1) is 5.92 Å². The minimum absolute atomic E-state index is 0.0286. The Morgan fingerprint density at radius 3 is 2.83 bits per heavy atom. The zero-order chi connectivity index (χ0) is 16.7. The van der Waals surface area contributed by atoms with Gasteiger partial charge < -0.3 is 19.3 Å².